The van der Waals surface area contributed by atoms with Gasteiger partial charge in [0, 0.05) is 24.8 Å². The van der Waals surface area contributed by atoms with E-state index in [-0.39, 0.29) is 0 Å². The molecule has 0 saturated carbocycles. The van der Waals surface area contributed by atoms with Gasteiger partial charge in [0.15, 0.2) is 0 Å². The molecule has 0 spiro atoms. The first kappa shape index (κ1) is 13.9. The van der Waals surface area contributed by atoms with Crippen molar-refractivity contribution < 1.29 is 8.42 Å². The van der Waals surface area contributed by atoms with E-state index in [4.69, 9.17) is 0 Å². The number of nitrogens with one attached hydrogen (secondary N) is 2. The zero-order valence-electron chi connectivity index (χ0n) is 10.3. The van der Waals surface area contributed by atoms with Crippen LogP contribution in [0.5, 0.6) is 0 Å². The average molecular weight is 298 g/mol. The molecule has 0 fully saturated rings. The lowest BCUT2D eigenvalue weighted by Crippen LogP contribution is -2.28. The maximum atomic E-state index is 11.8. The van der Waals surface area contributed by atoms with Gasteiger partial charge < -0.3 is 5.32 Å². The number of aryl methyl sites for hydroxylation is 1. The van der Waals surface area contributed by atoms with Gasteiger partial charge in [0.05, 0.1) is 0 Å². The first-order chi connectivity index (χ1) is 9.08. The standard InChI is InChI=1S/C11H14N4O2S2/c1-9-7-10(14-8-13-9)12-4-5-15-19(16,17)11-3-2-6-18-11/h2-3,6-8,15H,4-5H2,1H3,(H,12,13,14). The Kier molecular flexibility index (Phi) is 4.46. The second-order valence-electron chi connectivity index (χ2n) is 3.80. The van der Waals surface area contributed by atoms with E-state index in [2.05, 4.69) is 20.0 Å². The van der Waals surface area contributed by atoms with Crippen molar-refractivity contribution in [3.05, 3.63) is 35.6 Å². The second-order valence-corrected chi connectivity index (χ2v) is 6.74. The first-order valence-electron chi connectivity index (χ1n) is 5.63. The highest BCUT2D eigenvalue weighted by molar-refractivity contribution is 7.91. The van der Waals surface area contributed by atoms with Gasteiger partial charge in [-0.1, -0.05) is 6.07 Å². The fraction of sp³-hybridized carbons (Fsp3) is 0.273. The van der Waals surface area contributed by atoms with Gasteiger partial charge in [0.2, 0.25) is 10.0 Å². The Balaban J connectivity index is 1.81. The van der Waals surface area contributed by atoms with E-state index in [0.29, 0.717) is 23.1 Å². The molecule has 19 heavy (non-hydrogen) atoms. The molecular weight excluding hydrogens is 284 g/mol. The highest BCUT2D eigenvalue weighted by atomic mass is 32.2. The SMILES string of the molecule is Cc1cc(NCCNS(=O)(=O)c2cccs2)ncn1. The number of sulfonamides is 1. The van der Waals surface area contributed by atoms with Crippen LogP contribution in [0.4, 0.5) is 5.82 Å². The van der Waals surface area contributed by atoms with Gasteiger partial charge >= 0.3 is 0 Å². The fourth-order valence-electron chi connectivity index (χ4n) is 1.41. The van der Waals surface area contributed by atoms with Crippen LogP contribution in [0.1, 0.15) is 5.69 Å². The van der Waals surface area contributed by atoms with E-state index in [1.54, 1.807) is 23.6 Å². The Bertz CT molecular complexity index is 626. The lowest BCUT2D eigenvalue weighted by atomic mass is 10.4. The number of thiophene rings is 1. The molecule has 102 valence electrons. The Labute approximate surface area is 116 Å². The third-order valence-corrected chi connectivity index (χ3v) is 5.15. The molecular formula is C11H14N4O2S2. The molecule has 0 bridgehead atoms. The van der Waals surface area contributed by atoms with Gasteiger partial charge in [-0.25, -0.2) is 23.1 Å². The molecule has 0 aliphatic rings. The lowest BCUT2D eigenvalue weighted by molar-refractivity contribution is 0.585. The minimum absolute atomic E-state index is 0.295. The summed E-state index contributed by atoms with van der Waals surface area (Å²) in [7, 11) is -3.38. The maximum Gasteiger partial charge on any atom is 0.250 e. The highest BCUT2D eigenvalue weighted by Crippen LogP contribution is 2.14. The Hall–Kier alpha value is -1.51. The molecule has 0 atom stereocenters. The van der Waals surface area contributed by atoms with Gasteiger partial charge in [-0.3, -0.25) is 0 Å². The number of rotatable bonds is 6. The van der Waals surface area contributed by atoms with Gasteiger partial charge in [0.1, 0.15) is 16.4 Å². The predicted octanol–water partition coefficient (Wildman–Crippen LogP) is 1.24. The summed E-state index contributed by atoms with van der Waals surface area (Å²) in [6.45, 7) is 2.62. The summed E-state index contributed by atoms with van der Waals surface area (Å²) in [5.41, 5.74) is 0.858. The van der Waals surface area contributed by atoms with Crippen LogP contribution < -0.4 is 10.0 Å². The normalized spacial score (nSPS) is 11.4. The van der Waals surface area contributed by atoms with Crippen molar-refractivity contribution in [3.8, 4) is 0 Å². The summed E-state index contributed by atoms with van der Waals surface area (Å²) in [4.78, 5) is 8.01. The molecule has 2 aromatic rings. The topological polar surface area (TPSA) is 84.0 Å². The van der Waals surface area contributed by atoms with Crippen molar-refractivity contribution in [2.24, 2.45) is 0 Å². The molecule has 2 aromatic heterocycles. The van der Waals surface area contributed by atoms with Crippen LogP contribution >= 0.6 is 11.3 Å². The van der Waals surface area contributed by atoms with E-state index < -0.39 is 10.0 Å². The first-order valence-corrected chi connectivity index (χ1v) is 8.00. The predicted molar refractivity (Wildman–Crippen MR) is 74.8 cm³/mol. The number of hydrogen-bond donors (Lipinski definition) is 2. The summed E-state index contributed by atoms with van der Waals surface area (Å²) >= 11 is 1.19. The summed E-state index contributed by atoms with van der Waals surface area (Å²) in [6, 6.07) is 5.09. The van der Waals surface area contributed by atoms with Crippen LogP contribution in [0.25, 0.3) is 0 Å². The molecule has 0 aliphatic heterocycles. The molecule has 8 heteroatoms. The van der Waals surface area contributed by atoms with E-state index in [9.17, 15) is 8.42 Å². The quantitative estimate of drug-likeness (QED) is 0.784. The van der Waals surface area contributed by atoms with E-state index >= 15 is 0 Å². The third kappa shape index (κ3) is 3.98. The highest BCUT2D eigenvalue weighted by Gasteiger charge is 2.13. The molecule has 0 saturated heterocycles. The summed E-state index contributed by atoms with van der Waals surface area (Å²) in [5.74, 6) is 0.683. The number of nitrogens with zero attached hydrogens (tertiary/aromatic N) is 2. The van der Waals surface area contributed by atoms with E-state index in [0.717, 1.165) is 5.69 Å². The molecule has 2 heterocycles. The molecule has 0 aliphatic carbocycles. The molecule has 0 amide bonds. The fourth-order valence-corrected chi connectivity index (χ4v) is 3.48. The molecule has 6 nitrogen and oxygen atoms in total. The van der Waals surface area contributed by atoms with Crippen molar-refractivity contribution in [2.75, 3.05) is 18.4 Å². The van der Waals surface area contributed by atoms with Crippen LogP contribution in [0.2, 0.25) is 0 Å². The Morgan fingerprint density at radius 3 is 2.84 bits per heavy atom. The van der Waals surface area contributed by atoms with Crippen LogP contribution in [-0.2, 0) is 10.0 Å². The van der Waals surface area contributed by atoms with E-state index in [1.807, 2.05) is 6.92 Å². The van der Waals surface area contributed by atoms with Crippen LogP contribution in [0, 0.1) is 6.92 Å². The van der Waals surface area contributed by atoms with Gasteiger partial charge in [-0.05, 0) is 18.4 Å². The Morgan fingerprint density at radius 1 is 1.32 bits per heavy atom. The van der Waals surface area contributed by atoms with Crippen molar-refractivity contribution in [1.29, 1.82) is 0 Å². The summed E-state index contributed by atoms with van der Waals surface area (Å²) < 4.78 is 26.5. The van der Waals surface area contributed by atoms with E-state index in [1.165, 1.54) is 17.7 Å². The van der Waals surface area contributed by atoms with Crippen molar-refractivity contribution >= 4 is 27.2 Å². The minimum Gasteiger partial charge on any atom is -0.369 e. The zero-order chi connectivity index (χ0) is 13.7. The molecule has 0 radical (unpaired) electrons. The van der Waals surface area contributed by atoms with Crippen molar-refractivity contribution in [1.82, 2.24) is 14.7 Å². The van der Waals surface area contributed by atoms with Crippen LogP contribution in [0.15, 0.2) is 34.1 Å². The molecule has 0 aromatic carbocycles. The average Bonchev–Trinajstić information content (AvgIpc) is 2.89. The number of anilines is 1. The summed E-state index contributed by atoms with van der Waals surface area (Å²) in [5, 5.41) is 4.76. The van der Waals surface area contributed by atoms with Crippen molar-refractivity contribution in [2.45, 2.75) is 11.1 Å². The Morgan fingerprint density at radius 2 is 2.16 bits per heavy atom. The second kappa shape index (κ2) is 6.09. The van der Waals surface area contributed by atoms with Gasteiger partial charge in [0.25, 0.3) is 0 Å². The van der Waals surface area contributed by atoms with Crippen LogP contribution in [-0.4, -0.2) is 31.5 Å². The molecule has 2 rings (SSSR count). The van der Waals surface area contributed by atoms with Crippen LogP contribution in [0.3, 0.4) is 0 Å². The summed E-state index contributed by atoms with van der Waals surface area (Å²) in [6.07, 6.45) is 1.47. The number of hydrogen-bond acceptors (Lipinski definition) is 6. The third-order valence-electron chi connectivity index (χ3n) is 2.29. The minimum atomic E-state index is -3.38. The van der Waals surface area contributed by atoms with Crippen molar-refractivity contribution in [3.63, 3.8) is 0 Å². The molecule has 0 unspecified atom stereocenters. The zero-order valence-corrected chi connectivity index (χ0v) is 12.0. The number of aromatic nitrogens is 2. The smallest absolute Gasteiger partial charge is 0.250 e. The lowest BCUT2D eigenvalue weighted by Gasteiger charge is -2.07. The molecule has 2 N–H and O–H groups in total. The van der Waals surface area contributed by atoms with Gasteiger partial charge in [-0.2, -0.15) is 0 Å². The monoisotopic (exact) mass is 298 g/mol. The maximum absolute atomic E-state index is 11.8. The van der Waals surface area contributed by atoms with Gasteiger partial charge in [-0.15, -0.1) is 11.3 Å². The largest absolute Gasteiger partial charge is 0.369 e.